The Morgan fingerprint density at radius 1 is 1.39 bits per heavy atom. The van der Waals surface area contributed by atoms with Crippen LogP contribution in [-0.2, 0) is 0 Å². The molecule has 124 valence electrons. The standard InChI is InChI=1S/C19H24F2N2/c1-3-14(15-9-7-10-16(20)12-15)8-5-4-6-11-18-19(22)17(21)13-23(18)2/h3-10,12,17-19H,11,13,22H2,1-2H3/b6-4+,8-5-,14-3+. The molecule has 1 fully saturated rings. The Hall–Kier alpha value is -1.78. The summed E-state index contributed by atoms with van der Waals surface area (Å²) in [5.74, 6) is -0.246. The van der Waals surface area contributed by atoms with E-state index in [0.717, 1.165) is 11.1 Å². The number of allylic oxidation sites excluding steroid dienone is 5. The normalized spacial score (nSPS) is 26.7. The summed E-state index contributed by atoms with van der Waals surface area (Å²) in [4.78, 5) is 1.97. The Morgan fingerprint density at radius 3 is 2.78 bits per heavy atom. The highest BCUT2D eigenvalue weighted by molar-refractivity contribution is 5.73. The van der Waals surface area contributed by atoms with E-state index < -0.39 is 12.2 Å². The van der Waals surface area contributed by atoms with E-state index in [2.05, 4.69) is 0 Å². The number of likely N-dealkylation sites (tertiary alicyclic amines) is 1. The first-order chi connectivity index (χ1) is 11.0. The third-order valence-corrected chi connectivity index (χ3v) is 4.26. The first-order valence-electron chi connectivity index (χ1n) is 7.88. The molecule has 2 rings (SSSR count). The van der Waals surface area contributed by atoms with Crippen LogP contribution in [0.1, 0.15) is 18.9 Å². The first-order valence-corrected chi connectivity index (χ1v) is 7.88. The van der Waals surface area contributed by atoms with Crippen molar-refractivity contribution in [2.45, 2.75) is 31.6 Å². The molecule has 1 aliphatic rings. The number of likely N-dealkylation sites (N-methyl/N-ethyl adjacent to an activating group) is 1. The summed E-state index contributed by atoms with van der Waals surface area (Å²) in [5.41, 5.74) is 7.67. The molecule has 0 radical (unpaired) electrons. The van der Waals surface area contributed by atoms with Crippen molar-refractivity contribution in [2.24, 2.45) is 5.73 Å². The third kappa shape index (κ3) is 4.60. The Balaban J connectivity index is 1.93. The van der Waals surface area contributed by atoms with Gasteiger partial charge in [-0.3, -0.25) is 4.90 Å². The molecule has 3 atom stereocenters. The van der Waals surface area contributed by atoms with Crippen molar-refractivity contribution >= 4 is 5.57 Å². The highest BCUT2D eigenvalue weighted by Gasteiger charge is 2.36. The van der Waals surface area contributed by atoms with Gasteiger partial charge in [-0.05, 0) is 43.7 Å². The predicted octanol–water partition coefficient (Wildman–Crippen LogP) is 3.71. The van der Waals surface area contributed by atoms with Crippen LogP contribution in [0.3, 0.4) is 0 Å². The van der Waals surface area contributed by atoms with Crippen molar-refractivity contribution in [3.05, 3.63) is 66.0 Å². The van der Waals surface area contributed by atoms with Gasteiger partial charge < -0.3 is 5.73 Å². The average Bonchev–Trinajstić information content (AvgIpc) is 2.76. The molecule has 0 spiro atoms. The van der Waals surface area contributed by atoms with Gasteiger partial charge in [0.05, 0.1) is 6.04 Å². The lowest BCUT2D eigenvalue weighted by Crippen LogP contribution is -2.39. The van der Waals surface area contributed by atoms with E-state index in [1.165, 1.54) is 12.1 Å². The molecule has 1 aromatic rings. The topological polar surface area (TPSA) is 29.3 Å². The fourth-order valence-electron chi connectivity index (χ4n) is 2.89. The van der Waals surface area contributed by atoms with Gasteiger partial charge in [0.2, 0.25) is 0 Å². The zero-order valence-corrected chi connectivity index (χ0v) is 13.6. The highest BCUT2D eigenvalue weighted by atomic mass is 19.1. The van der Waals surface area contributed by atoms with E-state index in [0.29, 0.717) is 13.0 Å². The maximum absolute atomic E-state index is 13.5. The molecule has 23 heavy (non-hydrogen) atoms. The van der Waals surface area contributed by atoms with Crippen LogP contribution < -0.4 is 5.73 Å². The fraction of sp³-hybridized carbons (Fsp3) is 0.368. The van der Waals surface area contributed by atoms with Crippen molar-refractivity contribution in [1.29, 1.82) is 0 Å². The molecule has 0 bridgehead atoms. The molecule has 2 nitrogen and oxygen atoms in total. The van der Waals surface area contributed by atoms with Gasteiger partial charge in [-0.15, -0.1) is 0 Å². The van der Waals surface area contributed by atoms with Crippen LogP contribution in [0.4, 0.5) is 8.78 Å². The van der Waals surface area contributed by atoms with Crippen LogP contribution in [0.5, 0.6) is 0 Å². The van der Waals surface area contributed by atoms with Gasteiger partial charge in [0, 0.05) is 12.6 Å². The first kappa shape index (κ1) is 17.6. The number of nitrogens with two attached hydrogens (primary N) is 1. The van der Waals surface area contributed by atoms with Crippen molar-refractivity contribution in [1.82, 2.24) is 4.90 Å². The summed E-state index contributed by atoms with van der Waals surface area (Å²) in [5, 5.41) is 0. The zero-order chi connectivity index (χ0) is 16.8. The second-order valence-electron chi connectivity index (χ2n) is 5.88. The number of alkyl halides is 1. The summed E-state index contributed by atoms with van der Waals surface area (Å²) >= 11 is 0. The smallest absolute Gasteiger partial charge is 0.129 e. The van der Waals surface area contributed by atoms with E-state index in [1.54, 1.807) is 6.07 Å². The maximum Gasteiger partial charge on any atom is 0.129 e. The van der Waals surface area contributed by atoms with E-state index in [4.69, 9.17) is 5.73 Å². The number of rotatable bonds is 5. The number of nitrogens with zero attached hydrogens (tertiary/aromatic N) is 1. The second kappa shape index (κ2) is 8.18. The van der Waals surface area contributed by atoms with Crippen molar-refractivity contribution in [3.63, 3.8) is 0 Å². The Kier molecular flexibility index (Phi) is 6.25. The molecule has 0 saturated carbocycles. The molecular formula is C19H24F2N2. The molecule has 1 aliphatic heterocycles. The van der Waals surface area contributed by atoms with Crippen LogP contribution in [0.2, 0.25) is 0 Å². The SMILES string of the molecule is C\C=C(/C=C\C=C\CC1C(N)C(F)CN1C)c1cccc(F)c1. The van der Waals surface area contributed by atoms with Crippen LogP contribution in [0, 0.1) is 5.82 Å². The molecular weight excluding hydrogens is 294 g/mol. The number of hydrogen-bond acceptors (Lipinski definition) is 2. The molecule has 1 heterocycles. The quantitative estimate of drug-likeness (QED) is 0.839. The van der Waals surface area contributed by atoms with Gasteiger partial charge in [-0.1, -0.05) is 42.5 Å². The Labute approximate surface area is 137 Å². The summed E-state index contributed by atoms with van der Waals surface area (Å²) in [6, 6.07) is 6.13. The minimum atomic E-state index is -0.948. The lowest BCUT2D eigenvalue weighted by Gasteiger charge is -2.20. The van der Waals surface area contributed by atoms with Crippen LogP contribution in [0.15, 0.2) is 54.6 Å². The minimum Gasteiger partial charge on any atom is -0.324 e. The van der Waals surface area contributed by atoms with Crippen molar-refractivity contribution < 1.29 is 8.78 Å². The molecule has 2 N–H and O–H groups in total. The van der Waals surface area contributed by atoms with Crippen molar-refractivity contribution in [3.8, 4) is 0 Å². The largest absolute Gasteiger partial charge is 0.324 e. The molecule has 1 saturated heterocycles. The monoisotopic (exact) mass is 318 g/mol. The van der Waals surface area contributed by atoms with E-state index in [1.807, 2.05) is 55.3 Å². The van der Waals surface area contributed by atoms with Gasteiger partial charge in [0.25, 0.3) is 0 Å². The lowest BCUT2D eigenvalue weighted by atomic mass is 10.0. The zero-order valence-electron chi connectivity index (χ0n) is 13.6. The van der Waals surface area contributed by atoms with E-state index in [9.17, 15) is 8.78 Å². The van der Waals surface area contributed by atoms with Crippen molar-refractivity contribution in [2.75, 3.05) is 13.6 Å². The second-order valence-corrected chi connectivity index (χ2v) is 5.88. The predicted molar refractivity (Wildman–Crippen MR) is 92.2 cm³/mol. The lowest BCUT2D eigenvalue weighted by molar-refractivity contribution is 0.294. The summed E-state index contributed by atoms with van der Waals surface area (Å²) < 4.78 is 26.8. The van der Waals surface area contributed by atoms with Crippen LogP contribution in [0.25, 0.3) is 5.57 Å². The molecule has 3 unspecified atom stereocenters. The van der Waals surface area contributed by atoms with Gasteiger partial charge >= 0.3 is 0 Å². The highest BCUT2D eigenvalue weighted by Crippen LogP contribution is 2.21. The molecule has 1 aromatic carbocycles. The number of hydrogen-bond donors (Lipinski definition) is 1. The van der Waals surface area contributed by atoms with Gasteiger partial charge in [-0.25, -0.2) is 8.78 Å². The van der Waals surface area contributed by atoms with E-state index >= 15 is 0 Å². The summed E-state index contributed by atoms with van der Waals surface area (Å²) in [6.07, 6.45) is 9.47. The summed E-state index contributed by atoms with van der Waals surface area (Å²) in [7, 11) is 1.90. The fourth-order valence-corrected chi connectivity index (χ4v) is 2.89. The minimum absolute atomic E-state index is 0.0408. The number of halogens is 2. The van der Waals surface area contributed by atoms with Gasteiger partial charge in [-0.2, -0.15) is 0 Å². The van der Waals surface area contributed by atoms with Crippen LogP contribution in [-0.4, -0.2) is 36.7 Å². The molecule has 0 amide bonds. The Morgan fingerprint density at radius 2 is 2.17 bits per heavy atom. The van der Waals surface area contributed by atoms with Gasteiger partial charge in [0.15, 0.2) is 0 Å². The maximum atomic E-state index is 13.5. The summed E-state index contributed by atoms with van der Waals surface area (Å²) in [6.45, 7) is 2.32. The molecule has 0 aromatic heterocycles. The average molecular weight is 318 g/mol. The van der Waals surface area contributed by atoms with Gasteiger partial charge in [0.1, 0.15) is 12.0 Å². The molecule has 0 aliphatic carbocycles. The Bertz CT molecular complexity index is 607. The van der Waals surface area contributed by atoms with E-state index in [-0.39, 0.29) is 11.9 Å². The molecule has 4 heteroatoms. The third-order valence-electron chi connectivity index (χ3n) is 4.26. The van der Waals surface area contributed by atoms with Crippen LogP contribution >= 0.6 is 0 Å². The number of benzene rings is 1.